The van der Waals surface area contributed by atoms with Crippen LogP contribution in [-0.4, -0.2) is 39.1 Å². The van der Waals surface area contributed by atoms with Crippen LogP contribution in [0.15, 0.2) is 59.0 Å². The van der Waals surface area contributed by atoms with Crippen LogP contribution in [0.1, 0.15) is 5.69 Å². The summed E-state index contributed by atoms with van der Waals surface area (Å²) in [5.74, 6) is 0.520. The summed E-state index contributed by atoms with van der Waals surface area (Å²) in [4.78, 5) is 22.7. The molecular weight excluding hydrogens is 344 g/mol. The van der Waals surface area contributed by atoms with Gasteiger partial charge in [-0.15, -0.1) is 11.3 Å². The lowest BCUT2D eigenvalue weighted by molar-refractivity contribution is 0.968. The van der Waals surface area contributed by atoms with Gasteiger partial charge in [-0.2, -0.15) is 0 Å². The Morgan fingerprint density at radius 1 is 1.27 bits per heavy atom. The SMILES string of the molecule is C=NC(=NC)c1cc2c(ccn2C)c(-c2cnc(-c3cccnc3)s2)n1. The maximum absolute atomic E-state index is 4.81. The summed E-state index contributed by atoms with van der Waals surface area (Å²) < 4.78 is 2.06. The summed E-state index contributed by atoms with van der Waals surface area (Å²) in [7, 11) is 3.70. The Kier molecular flexibility index (Phi) is 4.14. The second-order valence-electron chi connectivity index (χ2n) is 5.69. The molecule has 0 aliphatic rings. The lowest BCUT2D eigenvalue weighted by Gasteiger charge is -2.06. The van der Waals surface area contributed by atoms with Crippen LogP contribution in [0, 0.1) is 0 Å². The van der Waals surface area contributed by atoms with Crippen molar-refractivity contribution in [1.29, 1.82) is 0 Å². The first-order chi connectivity index (χ1) is 12.7. The van der Waals surface area contributed by atoms with Gasteiger partial charge in [-0.1, -0.05) is 0 Å². The highest BCUT2D eigenvalue weighted by molar-refractivity contribution is 7.18. The number of hydrogen-bond acceptors (Lipinski definition) is 5. The van der Waals surface area contributed by atoms with Crippen LogP contribution in [0.4, 0.5) is 0 Å². The quantitative estimate of drug-likeness (QED) is 0.412. The van der Waals surface area contributed by atoms with Crippen LogP contribution >= 0.6 is 11.3 Å². The molecule has 0 unspecified atom stereocenters. The molecule has 4 aromatic heterocycles. The maximum Gasteiger partial charge on any atom is 0.172 e. The molecule has 0 fully saturated rings. The van der Waals surface area contributed by atoms with Crippen LogP contribution < -0.4 is 0 Å². The topological polar surface area (TPSA) is 68.3 Å². The monoisotopic (exact) mass is 360 g/mol. The van der Waals surface area contributed by atoms with Crippen LogP contribution in [0.25, 0.3) is 32.0 Å². The number of aromatic nitrogens is 4. The Morgan fingerprint density at radius 2 is 2.15 bits per heavy atom. The van der Waals surface area contributed by atoms with Gasteiger partial charge in [0.1, 0.15) is 10.7 Å². The average molecular weight is 360 g/mol. The lowest BCUT2D eigenvalue weighted by atomic mass is 10.2. The van der Waals surface area contributed by atoms with Gasteiger partial charge in [0.25, 0.3) is 0 Å². The molecule has 4 heterocycles. The zero-order valence-corrected chi connectivity index (χ0v) is 15.2. The number of nitrogens with zero attached hydrogens (tertiary/aromatic N) is 6. The predicted octanol–water partition coefficient (Wildman–Crippen LogP) is 3.84. The van der Waals surface area contributed by atoms with E-state index < -0.39 is 0 Å². The van der Waals surface area contributed by atoms with Crippen molar-refractivity contribution in [2.45, 2.75) is 0 Å². The van der Waals surface area contributed by atoms with Crippen LogP contribution in [0.2, 0.25) is 0 Å². The van der Waals surface area contributed by atoms with Gasteiger partial charge in [0.2, 0.25) is 0 Å². The highest BCUT2D eigenvalue weighted by atomic mass is 32.1. The molecule has 0 bridgehead atoms. The van der Waals surface area contributed by atoms with Crippen molar-refractivity contribution >= 4 is 34.8 Å². The molecule has 0 amide bonds. The predicted molar refractivity (Wildman–Crippen MR) is 107 cm³/mol. The molecule has 4 rings (SSSR count). The second-order valence-corrected chi connectivity index (χ2v) is 6.72. The number of aliphatic imine (C=N–C) groups is 2. The molecular formula is C19H16N6S. The van der Waals surface area contributed by atoms with E-state index in [0.29, 0.717) is 11.5 Å². The van der Waals surface area contributed by atoms with Gasteiger partial charge in [0, 0.05) is 49.8 Å². The Bertz CT molecular complexity index is 1120. The summed E-state index contributed by atoms with van der Waals surface area (Å²) in [6, 6.07) is 7.96. The largest absolute Gasteiger partial charge is 0.350 e. The van der Waals surface area contributed by atoms with Gasteiger partial charge in [-0.25, -0.2) is 15.0 Å². The van der Waals surface area contributed by atoms with Crippen molar-refractivity contribution in [3.63, 3.8) is 0 Å². The number of rotatable bonds is 3. The molecule has 0 saturated heterocycles. The lowest BCUT2D eigenvalue weighted by Crippen LogP contribution is -2.02. The summed E-state index contributed by atoms with van der Waals surface area (Å²) >= 11 is 1.59. The van der Waals surface area contributed by atoms with E-state index in [1.807, 2.05) is 43.8 Å². The Morgan fingerprint density at radius 3 is 2.88 bits per heavy atom. The Balaban J connectivity index is 1.91. The van der Waals surface area contributed by atoms with Gasteiger partial charge in [-0.3, -0.25) is 9.98 Å². The molecule has 6 nitrogen and oxygen atoms in total. The van der Waals surface area contributed by atoms with E-state index in [1.165, 1.54) is 0 Å². The van der Waals surface area contributed by atoms with Crippen LogP contribution in [0.5, 0.6) is 0 Å². The summed E-state index contributed by atoms with van der Waals surface area (Å²) in [6.45, 7) is 3.60. The van der Waals surface area contributed by atoms with E-state index in [0.717, 1.165) is 32.0 Å². The second kappa shape index (κ2) is 6.61. The van der Waals surface area contributed by atoms with E-state index in [1.54, 1.807) is 24.6 Å². The van der Waals surface area contributed by atoms with Gasteiger partial charge < -0.3 is 4.57 Å². The van der Waals surface area contributed by atoms with Crippen molar-refractivity contribution in [2.24, 2.45) is 17.0 Å². The molecule has 0 radical (unpaired) electrons. The molecule has 0 spiro atoms. The molecule has 0 atom stereocenters. The summed E-state index contributed by atoms with van der Waals surface area (Å²) in [5, 5.41) is 1.98. The molecule has 0 aliphatic heterocycles. The van der Waals surface area contributed by atoms with E-state index in [2.05, 4.69) is 37.3 Å². The van der Waals surface area contributed by atoms with Crippen molar-refractivity contribution < 1.29 is 0 Å². The summed E-state index contributed by atoms with van der Waals surface area (Å²) in [5.41, 5.74) is 3.62. The normalized spacial score (nSPS) is 11.8. The standard InChI is InChI=1S/C19H16N6S/c1-20-18(21-2)14-9-15-13(6-8-25(15)3)17(24-14)16-11-23-19(26-16)12-5-4-7-22-10-12/h4-11H,1H2,2-3H3. The molecule has 4 aromatic rings. The zero-order chi connectivity index (χ0) is 18.1. The third-order valence-corrected chi connectivity index (χ3v) is 5.17. The minimum absolute atomic E-state index is 0.520. The number of aryl methyl sites for hydroxylation is 1. The Hall–Kier alpha value is -3.19. The third kappa shape index (κ3) is 2.72. The van der Waals surface area contributed by atoms with Crippen molar-refractivity contribution in [3.05, 3.63) is 54.7 Å². The summed E-state index contributed by atoms with van der Waals surface area (Å²) in [6.07, 6.45) is 7.45. The molecule has 0 saturated carbocycles. The van der Waals surface area contributed by atoms with E-state index in [4.69, 9.17) is 4.98 Å². The minimum atomic E-state index is 0.520. The average Bonchev–Trinajstić information content (AvgIpc) is 3.31. The fraction of sp³-hybridized carbons (Fsp3) is 0.105. The molecule has 0 aromatic carbocycles. The molecule has 0 N–H and O–H groups in total. The molecule has 7 heteroatoms. The first kappa shape index (κ1) is 16.3. The van der Waals surface area contributed by atoms with Gasteiger partial charge >= 0.3 is 0 Å². The number of amidine groups is 1. The van der Waals surface area contributed by atoms with E-state index in [9.17, 15) is 0 Å². The van der Waals surface area contributed by atoms with Crippen molar-refractivity contribution in [3.8, 4) is 21.1 Å². The smallest absolute Gasteiger partial charge is 0.172 e. The third-order valence-electron chi connectivity index (χ3n) is 4.12. The van der Waals surface area contributed by atoms with Gasteiger partial charge in [-0.05, 0) is 31.0 Å². The van der Waals surface area contributed by atoms with Gasteiger partial charge in [0.05, 0.1) is 16.1 Å². The van der Waals surface area contributed by atoms with Gasteiger partial charge in [0.15, 0.2) is 5.84 Å². The highest BCUT2D eigenvalue weighted by Gasteiger charge is 2.16. The number of thiazole rings is 1. The molecule has 128 valence electrons. The van der Waals surface area contributed by atoms with E-state index in [-0.39, 0.29) is 0 Å². The minimum Gasteiger partial charge on any atom is -0.350 e. The zero-order valence-electron chi connectivity index (χ0n) is 14.4. The fourth-order valence-corrected chi connectivity index (χ4v) is 3.75. The maximum atomic E-state index is 4.81. The number of pyridine rings is 2. The van der Waals surface area contributed by atoms with Crippen LogP contribution in [-0.2, 0) is 7.05 Å². The number of fused-ring (bicyclic) bond motifs is 1. The van der Waals surface area contributed by atoms with E-state index >= 15 is 0 Å². The number of hydrogen-bond donors (Lipinski definition) is 0. The van der Waals surface area contributed by atoms with Crippen molar-refractivity contribution in [2.75, 3.05) is 7.05 Å². The first-order valence-corrected chi connectivity index (χ1v) is 8.79. The molecule has 0 aliphatic carbocycles. The first-order valence-electron chi connectivity index (χ1n) is 7.98. The van der Waals surface area contributed by atoms with Crippen molar-refractivity contribution in [1.82, 2.24) is 19.5 Å². The molecule has 26 heavy (non-hydrogen) atoms. The van der Waals surface area contributed by atoms with Crippen LogP contribution in [0.3, 0.4) is 0 Å². The Labute approximate surface area is 154 Å². The fourth-order valence-electron chi connectivity index (χ4n) is 2.84. The highest BCUT2D eigenvalue weighted by Crippen LogP contribution is 2.35.